The van der Waals surface area contributed by atoms with Gasteiger partial charge in [0.1, 0.15) is 0 Å². The minimum atomic E-state index is 0.313. The number of fused-ring (bicyclic) bond motifs is 1. The van der Waals surface area contributed by atoms with Crippen LogP contribution in [0.4, 0.5) is 5.82 Å². The SMILES string of the molecule is CC(C)CNCc1cc2nc(Cl)nc(N3CCOCC3)c2s1. The van der Waals surface area contributed by atoms with Crippen molar-refractivity contribution < 1.29 is 4.74 Å². The summed E-state index contributed by atoms with van der Waals surface area (Å²) < 4.78 is 6.54. The molecule has 0 saturated carbocycles. The fourth-order valence-corrected chi connectivity index (χ4v) is 3.75. The van der Waals surface area contributed by atoms with E-state index in [9.17, 15) is 0 Å². The van der Waals surface area contributed by atoms with Crippen molar-refractivity contribution in [1.82, 2.24) is 15.3 Å². The number of hydrogen-bond donors (Lipinski definition) is 1. The van der Waals surface area contributed by atoms with Gasteiger partial charge >= 0.3 is 0 Å². The predicted molar refractivity (Wildman–Crippen MR) is 92.0 cm³/mol. The summed E-state index contributed by atoms with van der Waals surface area (Å²) in [6.07, 6.45) is 0. The molecule has 0 amide bonds. The van der Waals surface area contributed by atoms with Gasteiger partial charge in [0.15, 0.2) is 5.82 Å². The van der Waals surface area contributed by atoms with Crippen LogP contribution in [0.3, 0.4) is 0 Å². The quantitative estimate of drug-likeness (QED) is 0.848. The van der Waals surface area contributed by atoms with E-state index in [0.717, 1.165) is 55.4 Å². The average molecular weight is 341 g/mol. The van der Waals surface area contributed by atoms with Crippen LogP contribution >= 0.6 is 22.9 Å². The molecule has 120 valence electrons. The zero-order valence-electron chi connectivity index (χ0n) is 12.9. The lowest BCUT2D eigenvalue weighted by Gasteiger charge is -2.28. The molecule has 1 aliphatic rings. The Morgan fingerprint density at radius 3 is 2.86 bits per heavy atom. The molecular weight excluding hydrogens is 320 g/mol. The van der Waals surface area contributed by atoms with E-state index in [0.29, 0.717) is 11.2 Å². The summed E-state index contributed by atoms with van der Waals surface area (Å²) in [5, 5.41) is 3.78. The Labute approximate surface area is 139 Å². The van der Waals surface area contributed by atoms with Gasteiger partial charge < -0.3 is 15.0 Å². The van der Waals surface area contributed by atoms with Crippen molar-refractivity contribution in [3.8, 4) is 0 Å². The molecule has 0 aliphatic carbocycles. The van der Waals surface area contributed by atoms with E-state index in [1.165, 1.54) is 4.88 Å². The van der Waals surface area contributed by atoms with Crippen molar-refractivity contribution in [3.63, 3.8) is 0 Å². The van der Waals surface area contributed by atoms with E-state index in [4.69, 9.17) is 16.3 Å². The topological polar surface area (TPSA) is 50.3 Å². The lowest BCUT2D eigenvalue weighted by molar-refractivity contribution is 0.122. The Hall–Kier alpha value is -0.950. The molecule has 7 heteroatoms. The first-order valence-corrected chi connectivity index (χ1v) is 8.82. The van der Waals surface area contributed by atoms with E-state index in [1.807, 2.05) is 0 Å². The molecule has 1 aliphatic heterocycles. The lowest BCUT2D eigenvalue weighted by Crippen LogP contribution is -2.36. The molecule has 0 radical (unpaired) electrons. The molecule has 1 saturated heterocycles. The van der Waals surface area contributed by atoms with Gasteiger partial charge in [0.2, 0.25) is 5.28 Å². The molecule has 3 heterocycles. The van der Waals surface area contributed by atoms with Crippen LogP contribution in [0.5, 0.6) is 0 Å². The van der Waals surface area contributed by atoms with Crippen LogP contribution in [-0.4, -0.2) is 42.8 Å². The van der Waals surface area contributed by atoms with Gasteiger partial charge in [0.05, 0.1) is 23.4 Å². The van der Waals surface area contributed by atoms with E-state index >= 15 is 0 Å². The third-order valence-corrected chi connectivity index (χ3v) is 4.83. The highest BCUT2D eigenvalue weighted by Gasteiger charge is 2.19. The third kappa shape index (κ3) is 3.68. The fourth-order valence-electron chi connectivity index (χ4n) is 2.50. The first-order valence-electron chi connectivity index (χ1n) is 7.63. The predicted octanol–water partition coefficient (Wildman–Crippen LogP) is 2.93. The van der Waals surface area contributed by atoms with Gasteiger partial charge in [-0.2, -0.15) is 4.98 Å². The van der Waals surface area contributed by atoms with Gasteiger partial charge in [-0.05, 0) is 30.1 Å². The Morgan fingerprint density at radius 1 is 1.36 bits per heavy atom. The van der Waals surface area contributed by atoms with Gasteiger partial charge in [-0.1, -0.05) is 13.8 Å². The molecule has 1 fully saturated rings. The fraction of sp³-hybridized carbons (Fsp3) is 0.600. The van der Waals surface area contributed by atoms with Crippen LogP contribution < -0.4 is 10.2 Å². The standard InChI is InChI=1S/C15H21ClN4OS/c1-10(2)8-17-9-11-7-12-13(22-11)14(19-15(16)18-12)20-3-5-21-6-4-20/h7,10,17H,3-6,8-9H2,1-2H3. The summed E-state index contributed by atoms with van der Waals surface area (Å²) >= 11 is 7.86. The molecule has 0 atom stereocenters. The number of nitrogens with one attached hydrogen (secondary N) is 1. The van der Waals surface area contributed by atoms with Crippen molar-refractivity contribution >= 4 is 39.0 Å². The number of ether oxygens (including phenoxy) is 1. The third-order valence-electron chi connectivity index (χ3n) is 3.54. The molecule has 2 aromatic heterocycles. The molecule has 0 aromatic carbocycles. The normalized spacial score (nSPS) is 15.9. The second kappa shape index (κ2) is 7.08. The van der Waals surface area contributed by atoms with Crippen LogP contribution in [0, 0.1) is 5.92 Å². The zero-order chi connectivity index (χ0) is 15.5. The number of thiophene rings is 1. The van der Waals surface area contributed by atoms with E-state index in [1.54, 1.807) is 11.3 Å². The molecular formula is C15H21ClN4OS. The highest BCUT2D eigenvalue weighted by atomic mass is 35.5. The van der Waals surface area contributed by atoms with Crippen LogP contribution in [0.25, 0.3) is 10.2 Å². The Bertz CT molecular complexity index is 640. The van der Waals surface area contributed by atoms with E-state index < -0.39 is 0 Å². The molecule has 2 aromatic rings. The second-order valence-electron chi connectivity index (χ2n) is 5.87. The minimum Gasteiger partial charge on any atom is -0.378 e. The highest BCUT2D eigenvalue weighted by molar-refractivity contribution is 7.19. The maximum atomic E-state index is 6.11. The average Bonchev–Trinajstić information content (AvgIpc) is 2.89. The van der Waals surface area contributed by atoms with E-state index in [-0.39, 0.29) is 0 Å². The summed E-state index contributed by atoms with van der Waals surface area (Å²) in [7, 11) is 0. The smallest absolute Gasteiger partial charge is 0.224 e. The van der Waals surface area contributed by atoms with Crippen molar-refractivity contribution in [3.05, 3.63) is 16.2 Å². The molecule has 22 heavy (non-hydrogen) atoms. The van der Waals surface area contributed by atoms with Crippen molar-refractivity contribution in [2.45, 2.75) is 20.4 Å². The maximum absolute atomic E-state index is 6.11. The molecule has 1 N–H and O–H groups in total. The lowest BCUT2D eigenvalue weighted by atomic mass is 10.2. The first kappa shape index (κ1) is 15.9. The van der Waals surface area contributed by atoms with Crippen LogP contribution in [0.2, 0.25) is 5.28 Å². The molecule has 5 nitrogen and oxygen atoms in total. The second-order valence-corrected chi connectivity index (χ2v) is 7.34. The Kier molecular flexibility index (Phi) is 5.13. The summed E-state index contributed by atoms with van der Waals surface area (Å²) in [6, 6.07) is 2.12. The zero-order valence-corrected chi connectivity index (χ0v) is 14.5. The molecule has 0 spiro atoms. The number of anilines is 1. The summed E-state index contributed by atoms with van der Waals surface area (Å²) in [5.41, 5.74) is 0.938. The van der Waals surface area contributed by atoms with Gasteiger partial charge in [-0.25, -0.2) is 4.98 Å². The van der Waals surface area contributed by atoms with Crippen LogP contribution in [-0.2, 0) is 11.3 Å². The number of hydrogen-bond acceptors (Lipinski definition) is 6. The molecule has 0 bridgehead atoms. The number of halogens is 1. The van der Waals surface area contributed by atoms with Crippen molar-refractivity contribution in [2.24, 2.45) is 5.92 Å². The number of rotatable bonds is 5. The monoisotopic (exact) mass is 340 g/mol. The largest absolute Gasteiger partial charge is 0.378 e. The number of morpholine rings is 1. The van der Waals surface area contributed by atoms with Crippen molar-refractivity contribution in [1.29, 1.82) is 0 Å². The van der Waals surface area contributed by atoms with Gasteiger partial charge in [-0.3, -0.25) is 0 Å². The Balaban J connectivity index is 1.86. The van der Waals surface area contributed by atoms with E-state index in [2.05, 4.69) is 40.1 Å². The minimum absolute atomic E-state index is 0.313. The summed E-state index contributed by atoms with van der Waals surface area (Å²) in [4.78, 5) is 12.3. The Morgan fingerprint density at radius 2 is 2.14 bits per heavy atom. The summed E-state index contributed by atoms with van der Waals surface area (Å²) in [6.45, 7) is 9.45. The summed E-state index contributed by atoms with van der Waals surface area (Å²) in [5.74, 6) is 1.59. The van der Waals surface area contributed by atoms with Crippen LogP contribution in [0.1, 0.15) is 18.7 Å². The first-order chi connectivity index (χ1) is 10.6. The molecule has 0 unspecified atom stereocenters. The van der Waals surface area contributed by atoms with Gasteiger partial charge in [-0.15, -0.1) is 11.3 Å². The van der Waals surface area contributed by atoms with Crippen molar-refractivity contribution in [2.75, 3.05) is 37.7 Å². The highest BCUT2D eigenvalue weighted by Crippen LogP contribution is 2.33. The maximum Gasteiger partial charge on any atom is 0.224 e. The van der Waals surface area contributed by atoms with Gasteiger partial charge in [0, 0.05) is 24.5 Å². The molecule has 3 rings (SSSR count). The van der Waals surface area contributed by atoms with Gasteiger partial charge in [0.25, 0.3) is 0 Å². The van der Waals surface area contributed by atoms with Crippen LogP contribution in [0.15, 0.2) is 6.07 Å². The number of nitrogens with zero attached hydrogens (tertiary/aromatic N) is 3. The number of aromatic nitrogens is 2.